The number of carbonyl (C=O) groups excluding carboxylic acids is 1. The normalized spacial score (nSPS) is 18.7. The molecule has 0 fully saturated rings. The SMILES string of the molecule is CNC[C@H](C(=O)N1CC2=C(C1)CN(S(=O)(=O)c1ccc3c(c1)OCCO3)C2)c1cc(F)cc(Cl)c1. The maximum absolute atomic E-state index is 13.9. The molecule has 1 atom stereocenters. The molecule has 0 aliphatic carbocycles. The van der Waals surface area contributed by atoms with Crippen molar-refractivity contribution in [3.05, 3.63) is 63.9 Å². The quantitative estimate of drug-likeness (QED) is 0.587. The molecular formula is C24H25ClFN3O5S. The van der Waals surface area contributed by atoms with Gasteiger partial charge in [0.1, 0.15) is 19.0 Å². The van der Waals surface area contributed by atoms with Gasteiger partial charge in [-0.2, -0.15) is 4.31 Å². The third-order valence-electron chi connectivity index (χ3n) is 6.45. The summed E-state index contributed by atoms with van der Waals surface area (Å²) >= 11 is 6.01. The fourth-order valence-electron chi connectivity index (χ4n) is 4.75. The van der Waals surface area contributed by atoms with E-state index in [1.54, 1.807) is 24.1 Å². The predicted octanol–water partition coefficient (Wildman–Crippen LogP) is 2.40. The number of hydrogen-bond donors (Lipinski definition) is 1. The lowest BCUT2D eigenvalue weighted by Gasteiger charge is -2.27. The first-order valence-corrected chi connectivity index (χ1v) is 13.1. The maximum Gasteiger partial charge on any atom is 0.243 e. The van der Waals surface area contributed by atoms with Gasteiger partial charge in [-0.25, -0.2) is 12.8 Å². The van der Waals surface area contributed by atoms with Gasteiger partial charge in [0.05, 0.1) is 10.8 Å². The molecule has 0 unspecified atom stereocenters. The number of nitrogens with one attached hydrogen (secondary N) is 1. The smallest absolute Gasteiger partial charge is 0.243 e. The molecule has 3 aliphatic heterocycles. The van der Waals surface area contributed by atoms with Crippen molar-refractivity contribution in [3.63, 3.8) is 0 Å². The van der Waals surface area contributed by atoms with Crippen LogP contribution in [0.3, 0.4) is 0 Å². The van der Waals surface area contributed by atoms with Crippen LogP contribution in [0.25, 0.3) is 0 Å². The lowest BCUT2D eigenvalue weighted by Crippen LogP contribution is -2.40. The second kappa shape index (κ2) is 9.42. The fourth-order valence-corrected chi connectivity index (χ4v) is 6.43. The predicted molar refractivity (Wildman–Crippen MR) is 128 cm³/mol. The number of sulfonamides is 1. The zero-order valence-corrected chi connectivity index (χ0v) is 20.7. The van der Waals surface area contributed by atoms with Crippen LogP contribution in [0.2, 0.25) is 5.02 Å². The highest BCUT2D eigenvalue weighted by atomic mass is 35.5. The van der Waals surface area contributed by atoms with Gasteiger partial charge >= 0.3 is 0 Å². The molecule has 0 saturated heterocycles. The molecule has 35 heavy (non-hydrogen) atoms. The van der Waals surface area contributed by atoms with E-state index in [4.69, 9.17) is 21.1 Å². The van der Waals surface area contributed by atoms with Gasteiger partial charge in [-0.05, 0) is 54.1 Å². The van der Waals surface area contributed by atoms with Gasteiger partial charge in [-0.1, -0.05) is 11.6 Å². The van der Waals surface area contributed by atoms with Gasteiger partial charge in [-0.15, -0.1) is 0 Å². The van der Waals surface area contributed by atoms with Crippen LogP contribution in [0, 0.1) is 5.82 Å². The number of benzene rings is 2. The lowest BCUT2D eigenvalue weighted by atomic mass is 9.97. The molecule has 0 spiro atoms. The number of likely N-dealkylation sites (N-methyl/N-ethyl adjacent to an activating group) is 1. The zero-order valence-electron chi connectivity index (χ0n) is 19.1. The van der Waals surface area contributed by atoms with Gasteiger partial charge in [0.15, 0.2) is 11.5 Å². The summed E-state index contributed by atoms with van der Waals surface area (Å²) in [5.74, 6) is -0.310. The molecule has 11 heteroatoms. The minimum absolute atomic E-state index is 0.146. The Balaban J connectivity index is 1.28. The molecule has 186 valence electrons. The number of ether oxygens (including phenoxy) is 2. The Morgan fingerprint density at radius 3 is 2.40 bits per heavy atom. The lowest BCUT2D eigenvalue weighted by molar-refractivity contribution is -0.131. The van der Waals surface area contributed by atoms with Crippen molar-refractivity contribution >= 4 is 27.5 Å². The van der Waals surface area contributed by atoms with E-state index in [0.29, 0.717) is 49.9 Å². The molecule has 2 aromatic rings. The van der Waals surface area contributed by atoms with Crippen molar-refractivity contribution in [1.29, 1.82) is 0 Å². The van der Waals surface area contributed by atoms with Crippen molar-refractivity contribution in [2.24, 2.45) is 0 Å². The Morgan fingerprint density at radius 1 is 1.06 bits per heavy atom. The summed E-state index contributed by atoms with van der Waals surface area (Å²) in [5, 5.41) is 3.23. The first-order valence-electron chi connectivity index (χ1n) is 11.2. The Labute approximate surface area is 208 Å². The van der Waals surface area contributed by atoms with Crippen LogP contribution in [0.5, 0.6) is 11.5 Å². The molecule has 0 aromatic heterocycles. The highest BCUT2D eigenvalue weighted by molar-refractivity contribution is 7.89. The van der Waals surface area contributed by atoms with Crippen LogP contribution in [0.1, 0.15) is 11.5 Å². The van der Waals surface area contributed by atoms with E-state index < -0.39 is 21.8 Å². The summed E-state index contributed by atoms with van der Waals surface area (Å²) in [6.45, 7) is 2.24. The van der Waals surface area contributed by atoms with Crippen molar-refractivity contribution in [2.45, 2.75) is 10.8 Å². The maximum atomic E-state index is 13.9. The highest BCUT2D eigenvalue weighted by Crippen LogP contribution is 2.36. The van der Waals surface area contributed by atoms with E-state index >= 15 is 0 Å². The summed E-state index contributed by atoms with van der Waals surface area (Å²) in [6.07, 6.45) is 0. The Morgan fingerprint density at radius 2 is 1.74 bits per heavy atom. The van der Waals surface area contributed by atoms with Crippen molar-refractivity contribution in [3.8, 4) is 11.5 Å². The van der Waals surface area contributed by atoms with Crippen molar-refractivity contribution in [1.82, 2.24) is 14.5 Å². The van der Waals surface area contributed by atoms with E-state index in [1.165, 1.54) is 28.6 Å². The molecule has 1 N–H and O–H groups in total. The summed E-state index contributed by atoms with van der Waals surface area (Å²) in [5.41, 5.74) is 2.34. The van der Waals surface area contributed by atoms with Crippen LogP contribution in [-0.4, -0.2) is 76.5 Å². The van der Waals surface area contributed by atoms with E-state index in [0.717, 1.165) is 11.1 Å². The van der Waals surface area contributed by atoms with Gasteiger partial charge < -0.3 is 19.7 Å². The highest BCUT2D eigenvalue weighted by Gasteiger charge is 2.39. The number of rotatable bonds is 6. The largest absolute Gasteiger partial charge is 0.486 e. The number of fused-ring (bicyclic) bond motifs is 1. The molecule has 3 heterocycles. The van der Waals surface area contributed by atoms with E-state index in [9.17, 15) is 17.6 Å². The molecule has 2 aromatic carbocycles. The van der Waals surface area contributed by atoms with Crippen LogP contribution in [0.15, 0.2) is 52.4 Å². The number of hydrogen-bond acceptors (Lipinski definition) is 6. The van der Waals surface area contributed by atoms with Crippen molar-refractivity contribution < 1.29 is 27.1 Å². The molecule has 1 amide bonds. The summed E-state index contributed by atoms with van der Waals surface area (Å²) < 4.78 is 52.9. The minimum atomic E-state index is -3.74. The van der Waals surface area contributed by atoms with Crippen LogP contribution in [-0.2, 0) is 14.8 Å². The summed E-state index contributed by atoms with van der Waals surface area (Å²) in [4.78, 5) is 15.2. The van der Waals surface area contributed by atoms with E-state index in [2.05, 4.69) is 5.32 Å². The first-order chi connectivity index (χ1) is 16.8. The third kappa shape index (κ3) is 4.63. The Bertz CT molecular complexity index is 1280. The summed E-state index contributed by atoms with van der Waals surface area (Å²) in [7, 11) is -2.02. The Hall–Kier alpha value is -2.66. The molecule has 0 bridgehead atoms. The van der Waals surface area contributed by atoms with Gasteiger partial charge in [0, 0.05) is 43.8 Å². The van der Waals surface area contributed by atoms with Crippen molar-refractivity contribution in [2.75, 3.05) is 53.0 Å². The molecular weight excluding hydrogens is 497 g/mol. The number of carbonyl (C=O) groups is 1. The third-order valence-corrected chi connectivity index (χ3v) is 8.46. The standard InChI is InChI=1S/C24H25ClFN3O5S/c1-27-10-21(15-6-18(25)8-19(26)7-15)24(30)28-11-16-13-29(14-17(16)12-28)35(31,32)20-2-3-22-23(9-20)34-5-4-33-22/h2-3,6-9,21,27H,4-5,10-14H2,1H3/t21-/m0/s1. The van der Waals surface area contributed by atoms with Gasteiger partial charge in [-0.3, -0.25) is 4.79 Å². The monoisotopic (exact) mass is 521 g/mol. The second-order valence-corrected chi connectivity index (χ2v) is 11.2. The average molecular weight is 522 g/mol. The fraction of sp³-hybridized carbons (Fsp3) is 0.375. The number of nitrogens with zero attached hydrogens (tertiary/aromatic N) is 2. The number of halogens is 2. The van der Waals surface area contributed by atoms with Crippen LogP contribution in [0.4, 0.5) is 4.39 Å². The zero-order chi connectivity index (χ0) is 24.7. The van der Waals surface area contributed by atoms with Crippen LogP contribution >= 0.6 is 11.6 Å². The second-order valence-electron chi connectivity index (χ2n) is 8.79. The molecule has 8 nitrogen and oxygen atoms in total. The average Bonchev–Trinajstić information content (AvgIpc) is 3.41. The summed E-state index contributed by atoms with van der Waals surface area (Å²) in [6, 6.07) is 8.76. The Kier molecular flexibility index (Phi) is 6.47. The molecule has 3 aliphatic rings. The molecule has 0 saturated carbocycles. The number of amides is 1. The van der Waals surface area contributed by atoms with E-state index in [-0.39, 0.29) is 28.9 Å². The van der Waals surface area contributed by atoms with Gasteiger partial charge in [0.2, 0.25) is 15.9 Å². The topological polar surface area (TPSA) is 88.2 Å². The molecule has 5 rings (SSSR count). The van der Waals surface area contributed by atoms with Crippen LogP contribution < -0.4 is 14.8 Å². The van der Waals surface area contributed by atoms with E-state index in [1.807, 2.05) is 0 Å². The molecule has 0 radical (unpaired) electrons. The first kappa shape index (κ1) is 24.1. The van der Waals surface area contributed by atoms with Gasteiger partial charge in [0.25, 0.3) is 0 Å². The minimum Gasteiger partial charge on any atom is -0.486 e.